The Bertz CT molecular complexity index is 971. The lowest BCUT2D eigenvalue weighted by molar-refractivity contribution is -0.883. The van der Waals surface area contributed by atoms with E-state index in [2.05, 4.69) is 5.32 Å². The number of piperazine rings is 1. The molecule has 2 aromatic rings. The first-order chi connectivity index (χ1) is 13.8. The SMILES string of the molecule is COc1ccc(CNc2ccc(S(=O)(=O)N3CC[NH+](C)CC3)cc2[N+](=O)[O-])cc1. The molecule has 2 aromatic carbocycles. The number of nitrogens with zero attached hydrogens (tertiary/aromatic N) is 2. The van der Waals surface area contributed by atoms with E-state index in [1.54, 1.807) is 19.2 Å². The minimum atomic E-state index is -3.76. The fourth-order valence-corrected chi connectivity index (χ4v) is 4.63. The number of likely N-dealkylation sites (N-methyl/N-ethyl adjacent to an activating group) is 1. The minimum absolute atomic E-state index is 0.0567. The second-order valence-electron chi connectivity index (χ2n) is 7.00. The van der Waals surface area contributed by atoms with Crippen molar-refractivity contribution in [3.63, 3.8) is 0 Å². The van der Waals surface area contributed by atoms with Crippen molar-refractivity contribution in [2.45, 2.75) is 11.4 Å². The molecule has 1 fully saturated rings. The van der Waals surface area contributed by atoms with Crippen LogP contribution in [0.2, 0.25) is 0 Å². The van der Waals surface area contributed by atoms with E-state index in [0.29, 0.717) is 32.7 Å². The quantitative estimate of drug-likeness (QED) is 0.504. The summed E-state index contributed by atoms with van der Waals surface area (Å²) in [5.74, 6) is 0.722. The number of nitro groups is 1. The zero-order valence-electron chi connectivity index (χ0n) is 16.4. The van der Waals surface area contributed by atoms with Gasteiger partial charge in [0.1, 0.15) is 11.4 Å². The number of benzene rings is 2. The molecule has 1 aliphatic heterocycles. The third-order valence-electron chi connectivity index (χ3n) is 5.02. The molecular weight excluding hydrogens is 396 g/mol. The zero-order valence-corrected chi connectivity index (χ0v) is 17.2. The van der Waals surface area contributed by atoms with Gasteiger partial charge in [0.2, 0.25) is 10.0 Å². The number of nitrogens with one attached hydrogen (secondary N) is 2. The summed E-state index contributed by atoms with van der Waals surface area (Å²) < 4.78 is 32.3. The first kappa shape index (κ1) is 21.0. The van der Waals surface area contributed by atoms with Crippen LogP contribution in [0.25, 0.3) is 0 Å². The Kier molecular flexibility index (Phi) is 6.36. The van der Waals surface area contributed by atoms with Gasteiger partial charge in [0, 0.05) is 12.6 Å². The van der Waals surface area contributed by atoms with Crippen molar-refractivity contribution in [2.75, 3.05) is 45.7 Å². The number of methoxy groups -OCH3 is 1. The van der Waals surface area contributed by atoms with Gasteiger partial charge in [0.25, 0.3) is 5.69 Å². The maximum absolute atomic E-state index is 12.9. The van der Waals surface area contributed by atoms with E-state index in [0.717, 1.165) is 17.4 Å². The Hall–Kier alpha value is -2.69. The summed E-state index contributed by atoms with van der Waals surface area (Å²) in [6.45, 7) is 2.59. The van der Waals surface area contributed by atoms with E-state index >= 15 is 0 Å². The molecule has 2 N–H and O–H groups in total. The van der Waals surface area contributed by atoms with Crippen LogP contribution < -0.4 is 15.0 Å². The molecule has 1 aliphatic rings. The average Bonchev–Trinajstić information content (AvgIpc) is 2.72. The largest absolute Gasteiger partial charge is 0.497 e. The topological polar surface area (TPSA) is 106 Å². The fraction of sp³-hybridized carbons (Fsp3) is 0.368. The zero-order chi connectivity index (χ0) is 21.0. The van der Waals surface area contributed by atoms with Crippen LogP contribution >= 0.6 is 0 Å². The number of anilines is 1. The van der Waals surface area contributed by atoms with Gasteiger partial charge in [0.05, 0.1) is 50.2 Å². The van der Waals surface area contributed by atoms with Crippen molar-refractivity contribution in [3.8, 4) is 5.75 Å². The number of nitro benzene ring substituents is 1. The monoisotopic (exact) mass is 421 g/mol. The summed E-state index contributed by atoms with van der Waals surface area (Å²) >= 11 is 0. The van der Waals surface area contributed by atoms with Crippen molar-refractivity contribution in [1.82, 2.24) is 4.31 Å². The Labute approximate surface area is 170 Å². The molecule has 0 bridgehead atoms. The van der Waals surface area contributed by atoms with Gasteiger partial charge in [-0.25, -0.2) is 8.42 Å². The maximum atomic E-state index is 12.9. The molecule has 156 valence electrons. The molecule has 10 heteroatoms. The van der Waals surface area contributed by atoms with E-state index in [4.69, 9.17) is 4.74 Å². The Balaban J connectivity index is 1.80. The molecule has 3 rings (SSSR count). The number of quaternary nitrogens is 1. The van der Waals surface area contributed by atoms with Crippen LogP contribution in [0.4, 0.5) is 11.4 Å². The van der Waals surface area contributed by atoms with Gasteiger partial charge >= 0.3 is 0 Å². The first-order valence-electron chi connectivity index (χ1n) is 9.28. The van der Waals surface area contributed by atoms with E-state index in [9.17, 15) is 18.5 Å². The van der Waals surface area contributed by atoms with Crippen LogP contribution in [0.5, 0.6) is 5.75 Å². The molecule has 0 spiro atoms. The number of hydrogen-bond acceptors (Lipinski definition) is 6. The second-order valence-corrected chi connectivity index (χ2v) is 8.94. The maximum Gasteiger partial charge on any atom is 0.293 e. The van der Waals surface area contributed by atoms with Crippen LogP contribution in [0.3, 0.4) is 0 Å². The highest BCUT2D eigenvalue weighted by Crippen LogP contribution is 2.29. The lowest BCUT2D eigenvalue weighted by Gasteiger charge is -2.29. The average molecular weight is 421 g/mol. The number of hydrogen-bond donors (Lipinski definition) is 2. The third-order valence-corrected chi connectivity index (χ3v) is 6.92. The van der Waals surface area contributed by atoms with Crippen LogP contribution in [0, 0.1) is 10.1 Å². The molecule has 29 heavy (non-hydrogen) atoms. The molecule has 0 unspecified atom stereocenters. The second kappa shape index (κ2) is 8.76. The third kappa shape index (κ3) is 4.84. The summed E-state index contributed by atoms with van der Waals surface area (Å²) in [6.07, 6.45) is 0. The summed E-state index contributed by atoms with van der Waals surface area (Å²) in [5.41, 5.74) is 0.920. The minimum Gasteiger partial charge on any atom is -0.497 e. The number of sulfonamides is 1. The lowest BCUT2D eigenvalue weighted by Crippen LogP contribution is -3.12. The molecule has 0 amide bonds. The predicted octanol–water partition coefficient (Wildman–Crippen LogP) is 0.735. The summed E-state index contributed by atoms with van der Waals surface area (Å²) in [4.78, 5) is 12.2. The van der Waals surface area contributed by atoms with Crippen LogP contribution in [0.1, 0.15) is 5.56 Å². The van der Waals surface area contributed by atoms with Crippen molar-refractivity contribution >= 4 is 21.4 Å². The van der Waals surface area contributed by atoms with Crippen LogP contribution in [0.15, 0.2) is 47.4 Å². The van der Waals surface area contributed by atoms with Gasteiger partial charge in [0.15, 0.2) is 0 Å². The Morgan fingerprint density at radius 2 is 1.83 bits per heavy atom. The molecule has 0 atom stereocenters. The molecular formula is C19H25N4O5S+. The van der Waals surface area contributed by atoms with Gasteiger partial charge in [-0.2, -0.15) is 4.31 Å². The molecule has 0 aliphatic carbocycles. The molecule has 0 saturated carbocycles. The molecule has 1 heterocycles. The molecule has 0 radical (unpaired) electrons. The number of rotatable bonds is 7. The summed E-state index contributed by atoms with van der Waals surface area (Å²) in [7, 11) is -0.168. The van der Waals surface area contributed by atoms with Gasteiger partial charge in [-0.3, -0.25) is 10.1 Å². The summed E-state index contributed by atoms with van der Waals surface area (Å²) in [6, 6.07) is 11.3. The van der Waals surface area contributed by atoms with E-state index < -0.39 is 14.9 Å². The molecule has 1 saturated heterocycles. The van der Waals surface area contributed by atoms with Gasteiger partial charge in [-0.15, -0.1) is 0 Å². The highest BCUT2D eigenvalue weighted by Gasteiger charge is 2.31. The summed E-state index contributed by atoms with van der Waals surface area (Å²) in [5, 5.41) is 14.6. The molecule has 0 aromatic heterocycles. The normalized spacial score (nSPS) is 15.8. The van der Waals surface area contributed by atoms with Crippen LogP contribution in [-0.4, -0.2) is 58.0 Å². The van der Waals surface area contributed by atoms with Crippen molar-refractivity contribution in [3.05, 3.63) is 58.1 Å². The highest BCUT2D eigenvalue weighted by molar-refractivity contribution is 7.89. The van der Waals surface area contributed by atoms with Gasteiger partial charge in [-0.05, 0) is 29.8 Å². The predicted molar refractivity (Wildman–Crippen MR) is 109 cm³/mol. The standard InChI is InChI=1S/C19H24N4O5S/c1-21-9-11-22(12-10-21)29(26,27)17-7-8-18(19(13-17)23(24)25)20-14-15-3-5-16(28-2)6-4-15/h3-8,13,20H,9-12,14H2,1-2H3/p+1. The highest BCUT2D eigenvalue weighted by atomic mass is 32.2. The smallest absolute Gasteiger partial charge is 0.293 e. The number of ether oxygens (including phenoxy) is 1. The lowest BCUT2D eigenvalue weighted by atomic mass is 10.2. The Morgan fingerprint density at radius 1 is 1.17 bits per heavy atom. The van der Waals surface area contributed by atoms with E-state index in [1.165, 1.54) is 21.3 Å². The Morgan fingerprint density at radius 3 is 2.41 bits per heavy atom. The van der Waals surface area contributed by atoms with Gasteiger partial charge in [-0.1, -0.05) is 12.1 Å². The first-order valence-corrected chi connectivity index (χ1v) is 10.7. The van der Waals surface area contributed by atoms with Gasteiger partial charge < -0.3 is 15.0 Å². The molecule has 9 nitrogen and oxygen atoms in total. The van der Waals surface area contributed by atoms with Crippen molar-refractivity contribution in [2.24, 2.45) is 0 Å². The van der Waals surface area contributed by atoms with E-state index in [1.807, 2.05) is 19.2 Å². The fourth-order valence-electron chi connectivity index (χ4n) is 3.17. The van der Waals surface area contributed by atoms with E-state index in [-0.39, 0.29) is 16.3 Å². The van der Waals surface area contributed by atoms with Crippen molar-refractivity contribution in [1.29, 1.82) is 0 Å². The van der Waals surface area contributed by atoms with Crippen LogP contribution in [-0.2, 0) is 16.6 Å². The van der Waals surface area contributed by atoms with Crippen molar-refractivity contribution < 1.29 is 23.0 Å².